The fourth-order valence-corrected chi connectivity index (χ4v) is 1.67. The molecule has 5 nitrogen and oxygen atoms in total. The lowest BCUT2D eigenvalue weighted by atomic mass is 10.2. The van der Waals surface area contributed by atoms with Crippen LogP contribution < -0.4 is 14.8 Å². The monoisotopic (exact) mass is 246 g/mol. The molecular weight excluding hydrogens is 232 g/mol. The van der Waals surface area contributed by atoms with Gasteiger partial charge in [0.05, 0.1) is 6.07 Å². The number of nitriles is 1. The third kappa shape index (κ3) is 2.92. The summed E-state index contributed by atoms with van der Waals surface area (Å²) in [7, 11) is 0. The van der Waals surface area contributed by atoms with E-state index in [1.807, 2.05) is 0 Å². The molecule has 0 fully saturated rings. The zero-order valence-corrected chi connectivity index (χ0v) is 9.94. The summed E-state index contributed by atoms with van der Waals surface area (Å²) in [6.07, 6.45) is 2.14. The van der Waals surface area contributed by atoms with Crippen LogP contribution >= 0.6 is 0 Å². The molecule has 1 aliphatic rings. The normalized spacial score (nSPS) is 11.9. The van der Waals surface area contributed by atoms with Crippen molar-refractivity contribution in [1.82, 2.24) is 5.32 Å². The molecule has 94 valence electrons. The summed E-state index contributed by atoms with van der Waals surface area (Å²) in [4.78, 5) is 11.8. The standard InChI is InChI=1S/C13H14N2O3/c14-6-2-1-3-7-15-13(16)10-4-5-11-12(8-10)18-9-17-11/h4-5,8H,1-3,7,9H2,(H,15,16). The average Bonchev–Trinajstić information content (AvgIpc) is 2.85. The van der Waals surface area contributed by atoms with Crippen LogP contribution in [0, 0.1) is 11.3 Å². The maximum absolute atomic E-state index is 11.8. The number of nitrogens with zero attached hydrogens (tertiary/aromatic N) is 1. The van der Waals surface area contributed by atoms with Crippen LogP contribution in [0.4, 0.5) is 0 Å². The van der Waals surface area contributed by atoms with Crippen molar-refractivity contribution in [3.63, 3.8) is 0 Å². The minimum absolute atomic E-state index is 0.134. The number of ether oxygens (including phenoxy) is 2. The Balaban J connectivity index is 1.84. The van der Waals surface area contributed by atoms with E-state index in [2.05, 4.69) is 11.4 Å². The molecule has 0 unspecified atom stereocenters. The molecule has 2 rings (SSSR count). The van der Waals surface area contributed by atoms with Gasteiger partial charge >= 0.3 is 0 Å². The summed E-state index contributed by atoms with van der Waals surface area (Å²) in [6.45, 7) is 0.781. The Kier molecular flexibility index (Phi) is 4.02. The van der Waals surface area contributed by atoms with Crippen molar-refractivity contribution in [3.05, 3.63) is 23.8 Å². The minimum atomic E-state index is -0.134. The highest BCUT2D eigenvalue weighted by atomic mass is 16.7. The van der Waals surface area contributed by atoms with Crippen LogP contribution in [-0.2, 0) is 0 Å². The Hall–Kier alpha value is -2.22. The lowest BCUT2D eigenvalue weighted by Gasteiger charge is -2.05. The molecule has 0 bridgehead atoms. The van der Waals surface area contributed by atoms with Gasteiger partial charge in [-0.2, -0.15) is 5.26 Å². The molecule has 1 aliphatic heterocycles. The molecule has 0 atom stereocenters. The minimum Gasteiger partial charge on any atom is -0.454 e. The van der Waals surface area contributed by atoms with E-state index in [9.17, 15) is 4.79 Å². The highest BCUT2D eigenvalue weighted by Gasteiger charge is 2.15. The first-order valence-electron chi connectivity index (χ1n) is 5.86. The molecule has 0 spiro atoms. The number of unbranched alkanes of at least 4 members (excludes halogenated alkanes) is 2. The summed E-state index contributed by atoms with van der Waals surface area (Å²) >= 11 is 0. The number of hydrogen-bond donors (Lipinski definition) is 1. The van der Waals surface area contributed by atoms with Gasteiger partial charge in [-0.3, -0.25) is 4.79 Å². The van der Waals surface area contributed by atoms with E-state index in [0.717, 1.165) is 12.8 Å². The Labute approximate surface area is 105 Å². The second kappa shape index (κ2) is 5.92. The summed E-state index contributed by atoms with van der Waals surface area (Å²) in [5, 5.41) is 11.2. The van der Waals surface area contributed by atoms with E-state index in [1.54, 1.807) is 18.2 Å². The van der Waals surface area contributed by atoms with Crippen LogP contribution in [0.3, 0.4) is 0 Å². The maximum Gasteiger partial charge on any atom is 0.251 e. The zero-order chi connectivity index (χ0) is 12.8. The molecule has 1 aromatic carbocycles. The van der Waals surface area contributed by atoms with Gasteiger partial charge in [0.25, 0.3) is 5.91 Å². The molecule has 18 heavy (non-hydrogen) atoms. The fraction of sp³-hybridized carbons (Fsp3) is 0.385. The van der Waals surface area contributed by atoms with Crippen LogP contribution in [0.2, 0.25) is 0 Å². The average molecular weight is 246 g/mol. The molecule has 1 amide bonds. The second-order valence-electron chi connectivity index (χ2n) is 3.94. The Morgan fingerprint density at radius 3 is 3.00 bits per heavy atom. The first kappa shape index (κ1) is 12.2. The molecule has 0 saturated carbocycles. The highest BCUT2D eigenvalue weighted by molar-refractivity contribution is 5.94. The molecule has 1 aromatic rings. The lowest BCUT2D eigenvalue weighted by molar-refractivity contribution is 0.0952. The van der Waals surface area contributed by atoms with Crippen molar-refractivity contribution < 1.29 is 14.3 Å². The van der Waals surface area contributed by atoms with Gasteiger partial charge in [-0.15, -0.1) is 0 Å². The van der Waals surface area contributed by atoms with E-state index < -0.39 is 0 Å². The third-order valence-corrected chi connectivity index (χ3v) is 2.64. The molecule has 1 heterocycles. The van der Waals surface area contributed by atoms with Crippen molar-refractivity contribution in [2.24, 2.45) is 0 Å². The van der Waals surface area contributed by atoms with Gasteiger partial charge < -0.3 is 14.8 Å². The lowest BCUT2D eigenvalue weighted by Crippen LogP contribution is -2.24. The van der Waals surface area contributed by atoms with Crippen LogP contribution in [0.15, 0.2) is 18.2 Å². The Morgan fingerprint density at radius 1 is 1.33 bits per heavy atom. The van der Waals surface area contributed by atoms with Gasteiger partial charge in [-0.25, -0.2) is 0 Å². The molecule has 1 N–H and O–H groups in total. The molecule has 0 aliphatic carbocycles. The molecule has 0 saturated heterocycles. The molecular formula is C13H14N2O3. The van der Waals surface area contributed by atoms with Gasteiger partial charge in [0.15, 0.2) is 11.5 Å². The number of carbonyl (C=O) groups is 1. The molecule has 0 aromatic heterocycles. The van der Waals surface area contributed by atoms with E-state index in [0.29, 0.717) is 30.0 Å². The van der Waals surface area contributed by atoms with Crippen molar-refractivity contribution in [2.75, 3.05) is 13.3 Å². The number of benzene rings is 1. The highest BCUT2D eigenvalue weighted by Crippen LogP contribution is 2.32. The van der Waals surface area contributed by atoms with E-state index >= 15 is 0 Å². The quantitative estimate of drug-likeness (QED) is 0.805. The number of nitrogens with one attached hydrogen (secondary N) is 1. The number of amides is 1. The van der Waals surface area contributed by atoms with Gasteiger partial charge in [-0.05, 0) is 31.0 Å². The maximum atomic E-state index is 11.8. The summed E-state index contributed by atoms with van der Waals surface area (Å²) in [6, 6.07) is 7.18. The first-order valence-corrected chi connectivity index (χ1v) is 5.86. The number of rotatable bonds is 5. The van der Waals surface area contributed by atoms with E-state index in [4.69, 9.17) is 14.7 Å². The van der Waals surface area contributed by atoms with E-state index in [-0.39, 0.29) is 12.7 Å². The Morgan fingerprint density at radius 2 is 2.17 bits per heavy atom. The van der Waals surface area contributed by atoms with Crippen molar-refractivity contribution >= 4 is 5.91 Å². The largest absolute Gasteiger partial charge is 0.454 e. The predicted octanol–water partition coefficient (Wildman–Crippen LogP) is 1.84. The van der Waals surface area contributed by atoms with Gasteiger partial charge in [-0.1, -0.05) is 0 Å². The predicted molar refractivity (Wildman–Crippen MR) is 64.4 cm³/mol. The third-order valence-electron chi connectivity index (χ3n) is 2.64. The smallest absolute Gasteiger partial charge is 0.251 e. The van der Waals surface area contributed by atoms with Gasteiger partial charge in [0.2, 0.25) is 6.79 Å². The van der Waals surface area contributed by atoms with Gasteiger partial charge in [0.1, 0.15) is 0 Å². The summed E-state index contributed by atoms with van der Waals surface area (Å²) in [5.74, 6) is 1.14. The van der Waals surface area contributed by atoms with E-state index in [1.165, 1.54) is 0 Å². The number of carbonyl (C=O) groups excluding carboxylic acids is 1. The summed E-state index contributed by atoms with van der Waals surface area (Å²) in [5.41, 5.74) is 0.555. The number of fused-ring (bicyclic) bond motifs is 1. The van der Waals surface area contributed by atoms with Crippen LogP contribution in [-0.4, -0.2) is 19.2 Å². The summed E-state index contributed by atoms with van der Waals surface area (Å²) < 4.78 is 10.4. The van der Waals surface area contributed by atoms with Crippen LogP contribution in [0.1, 0.15) is 29.6 Å². The van der Waals surface area contributed by atoms with Crippen LogP contribution in [0.5, 0.6) is 11.5 Å². The van der Waals surface area contributed by atoms with Crippen molar-refractivity contribution in [2.45, 2.75) is 19.3 Å². The SMILES string of the molecule is N#CCCCCNC(=O)c1ccc2c(c1)OCO2. The van der Waals surface area contributed by atoms with Crippen LogP contribution in [0.25, 0.3) is 0 Å². The van der Waals surface area contributed by atoms with Crippen molar-refractivity contribution in [1.29, 1.82) is 5.26 Å². The fourth-order valence-electron chi connectivity index (χ4n) is 1.67. The zero-order valence-electron chi connectivity index (χ0n) is 9.94. The topological polar surface area (TPSA) is 71.4 Å². The first-order chi connectivity index (χ1) is 8.81. The second-order valence-corrected chi connectivity index (χ2v) is 3.94. The van der Waals surface area contributed by atoms with Gasteiger partial charge in [0, 0.05) is 18.5 Å². The van der Waals surface area contributed by atoms with Crippen molar-refractivity contribution in [3.8, 4) is 17.6 Å². The molecule has 0 radical (unpaired) electrons. The molecule has 5 heteroatoms. The Bertz CT molecular complexity index is 480. The number of hydrogen-bond acceptors (Lipinski definition) is 4.